The van der Waals surface area contributed by atoms with Crippen LogP contribution < -0.4 is 10.6 Å². The Bertz CT molecular complexity index is 987. The highest BCUT2D eigenvalue weighted by atomic mass is 19.1. The van der Waals surface area contributed by atoms with Crippen molar-refractivity contribution < 1.29 is 23.5 Å². The van der Waals surface area contributed by atoms with Gasteiger partial charge in [0.15, 0.2) is 0 Å². The van der Waals surface area contributed by atoms with Crippen LogP contribution in [0, 0.1) is 29.5 Å². The van der Waals surface area contributed by atoms with Gasteiger partial charge in [0.1, 0.15) is 11.9 Å². The zero-order chi connectivity index (χ0) is 20.1. The van der Waals surface area contributed by atoms with Gasteiger partial charge in [0.05, 0.1) is 11.8 Å². The van der Waals surface area contributed by atoms with Crippen LogP contribution in [0.3, 0.4) is 0 Å². The Morgan fingerprint density at radius 1 is 0.931 bits per heavy atom. The van der Waals surface area contributed by atoms with Crippen molar-refractivity contribution in [3.05, 3.63) is 59.9 Å². The molecule has 2 bridgehead atoms. The number of anilines is 2. The average molecular weight is 394 g/mol. The van der Waals surface area contributed by atoms with Crippen molar-refractivity contribution in [1.82, 2.24) is 0 Å². The van der Waals surface area contributed by atoms with Crippen LogP contribution in [0.5, 0.6) is 0 Å². The summed E-state index contributed by atoms with van der Waals surface area (Å²) in [6, 6.07) is 12.0. The topological polar surface area (TPSA) is 84.5 Å². The highest BCUT2D eigenvalue weighted by Gasteiger charge is 2.63. The smallest absolute Gasteiger partial charge is 0.310 e. The van der Waals surface area contributed by atoms with Gasteiger partial charge in [0, 0.05) is 22.9 Å². The highest BCUT2D eigenvalue weighted by Crippen LogP contribution is 2.57. The summed E-state index contributed by atoms with van der Waals surface area (Å²) in [7, 11) is 0. The Labute approximate surface area is 166 Å². The molecule has 0 unspecified atom stereocenters. The SMILES string of the molecule is O=C(Nc1ccc(F)cc1)c1ccc(NC(=O)[C@@H]2[C@@H]3C[C@@H]4[C@H]2C(=O)O[C@H]4C3)cc1. The molecule has 1 aliphatic heterocycles. The van der Waals surface area contributed by atoms with Crippen LogP contribution in [0.15, 0.2) is 48.5 Å². The predicted molar refractivity (Wildman–Crippen MR) is 102 cm³/mol. The number of fused-ring (bicyclic) bond motifs is 1. The molecule has 29 heavy (non-hydrogen) atoms. The molecule has 7 heteroatoms. The lowest BCUT2D eigenvalue weighted by Gasteiger charge is -2.23. The van der Waals surface area contributed by atoms with Crippen molar-refractivity contribution in [2.45, 2.75) is 18.9 Å². The molecular formula is C22H19FN2O4. The van der Waals surface area contributed by atoms with Gasteiger partial charge in [0.25, 0.3) is 5.91 Å². The summed E-state index contributed by atoms with van der Waals surface area (Å²) in [4.78, 5) is 37.2. The Morgan fingerprint density at radius 3 is 2.31 bits per heavy atom. The van der Waals surface area contributed by atoms with Crippen LogP contribution in [-0.2, 0) is 14.3 Å². The van der Waals surface area contributed by atoms with Gasteiger partial charge < -0.3 is 15.4 Å². The Kier molecular flexibility index (Phi) is 4.12. The number of hydrogen-bond acceptors (Lipinski definition) is 4. The second-order valence-electron chi connectivity index (χ2n) is 7.95. The Hall–Kier alpha value is -3.22. The minimum Gasteiger partial charge on any atom is -0.462 e. The van der Waals surface area contributed by atoms with Crippen molar-refractivity contribution in [1.29, 1.82) is 0 Å². The first-order valence-electron chi connectivity index (χ1n) is 9.68. The first-order valence-corrected chi connectivity index (χ1v) is 9.68. The van der Waals surface area contributed by atoms with E-state index in [4.69, 9.17) is 4.74 Å². The molecule has 0 radical (unpaired) electrons. The Morgan fingerprint density at radius 2 is 1.59 bits per heavy atom. The minimum atomic E-state index is -0.375. The van der Waals surface area contributed by atoms with E-state index in [1.165, 1.54) is 24.3 Å². The van der Waals surface area contributed by atoms with Gasteiger partial charge in [-0.2, -0.15) is 0 Å². The molecule has 0 aromatic heterocycles. The predicted octanol–water partition coefficient (Wildman–Crippen LogP) is 3.21. The maximum Gasteiger partial charge on any atom is 0.310 e. The summed E-state index contributed by atoms with van der Waals surface area (Å²) in [5, 5.41) is 5.56. The lowest BCUT2D eigenvalue weighted by Crippen LogP contribution is -2.35. The van der Waals surface area contributed by atoms with E-state index in [1.54, 1.807) is 24.3 Å². The molecule has 148 valence electrons. The van der Waals surface area contributed by atoms with Crippen LogP contribution in [-0.4, -0.2) is 23.9 Å². The van der Waals surface area contributed by atoms with Crippen LogP contribution in [0.4, 0.5) is 15.8 Å². The van der Waals surface area contributed by atoms with E-state index >= 15 is 0 Å². The molecule has 1 saturated heterocycles. The first-order chi connectivity index (χ1) is 14.0. The quantitative estimate of drug-likeness (QED) is 0.780. The van der Waals surface area contributed by atoms with Crippen molar-refractivity contribution >= 4 is 29.2 Å². The standard InChI is InChI=1S/C22H19FN2O4/c23-13-3-7-15(8-4-13)24-20(26)11-1-5-14(6-2-11)25-21(27)18-12-9-16-17(10-12)29-22(28)19(16)18/h1-8,12,16-19H,9-10H2,(H,24,26)(H,25,27)/t12-,16+,17+,18-,19-/m1/s1. The van der Waals surface area contributed by atoms with Gasteiger partial charge >= 0.3 is 5.97 Å². The monoisotopic (exact) mass is 394 g/mol. The minimum absolute atomic E-state index is 0.000420. The van der Waals surface area contributed by atoms with Crippen LogP contribution in [0.25, 0.3) is 0 Å². The summed E-state index contributed by atoms with van der Waals surface area (Å²) >= 11 is 0. The summed E-state index contributed by atoms with van der Waals surface area (Å²) < 4.78 is 18.3. The summed E-state index contributed by atoms with van der Waals surface area (Å²) in [6.45, 7) is 0. The number of amides is 2. The molecule has 2 aromatic rings. The molecular weight excluding hydrogens is 375 g/mol. The van der Waals surface area contributed by atoms with Crippen molar-refractivity contribution in [3.63, 3.8) is 0 Å². The third-order valence-electron chi connectivity index (χ3n) is 6.30. The fraction of sp³-hybridized carbons (Fsp3) is 0.318. The third kappa shape index (κ3) is 3.06. The Balaban J connectivity index is 1.24. The van der Waals surface area contributed by atoms with Gasteiger partial charge in [-0.25, -0.2) is 4.39 Å². The van der Waals surface area contributed by atoms with Crippen LogP contribution in [0.1, 0.15) is 23.2 Å². The number of benzene rings is 2. The molecule has 3 aliphatic rings. The van der Waals surface area contributed by atoms with E-state index in [9.17, 15) is 18.8 Å². The zero-order valence-corrected chi connectivity index (χ0v) is 15.4. The highest BCUT2D eigenvalue weighted by molar-refractivity contribution is 6.04. The number of carbonyl (C=O) groups excluding carboxylic acids is 3. The molecule has 3 fully saturated rings. The number of nitrogens with one attached hydrogen (secondary N) is 2. The van der Waals surface area contributed by atoms with E-state index < -0.39 is 0 Å². The molecule has 0 spiro atoms. The molecule has 2 aromatic carbocycles. The van der Waals surface area contributed by atoms with Gasteiger partial charge in [-0.3, -0.25) is 14.4 Å². The molecule has 2 N–H and O–H groups in total. The maximum atomic E-state index is 13.0. The number of ether oxygens (including phenoxy) is 1. The molecule has 5 rings (SSSR count). The van der Waals surface area contributed by atoms with Gasteiger partial charge in [0.2, 0.25) is 5.91 Å². The zero-order valence-electron chi connectivity index (χ0n) is 15.4. The van der Waals surface area contributed by atoms with Crippen LogP contribution >= 0.6 is 0 Å². The number of esters is 1. The second-order valence-corrected chi connectivity index (χ2v) is 7.95. The summed E-state index contributed by atoms with van der Waals surface area (Å²) in [5.41, 5.74) is 1.47. The van der Waals surface area contributed by atoms with E-state index in [2.05, 4.69) is 10.6 Å². The summed E-state index contributed by atoms with van der Waals surface area (Å²) in [6.07, 6.45) is 1.65. The first kappa shape index (κ1) is 17.8. The van der Waals surface area contributed by atoms with Crippen molar-refractivity contribution in [3.8, 4) is 0 Å². The lowest BCUT2D eigenvalue weighted by atomic mass is 9.79. The second kappa shape index (κ2) is 6.69. The number of carbonyl (C=O) groups is 3. The average Bonchev–Trinajstić information content (AvgIpc) is 3.33. The molecule has 5 atom stereocenters. The van der Waals surface area contributed by atoms with E-state index in [0.717, 1.165) is 12.8 Å². The van der Waals surface area contributed by atoms with E-state index in [-0.39, 0.29) is 53.4 Å². The molecule has 2 amide bonds. The maximum absolute atomic E-state index is 13.0. The fourth-order valence-electron chi connectivity index (χ4n) is 5.03. The van der Waals surface area contributed by atoms with E-state index in [1.807, 2.05) is 0 Å². The molecule has 2 saturated carbocycles. The number of hydrogen-bond donors (Lipinski definition) is 2. The largest absolute Gasteiger partial charge is 0.462 e. The normalized spacial score (nSPS) is 28.9. The number of rotatable bonds is 4. The number of halogens is 1. The van der Waals surface area contributed by atoms with E-state index in [0.29, 0.717) is 16.9 Å². The van der Waals surface area contributed by atoms with Gasteiger partial charge in [-0.15, -0.1) is 0 Å². The van der Waals surface area contributed by atoms with Gasteiger partial charge in [-0.05, 0) is 67.3 Å². The summed E-state index contributed by atoms with van der Waals surface area (Å²) in [5.74, 6) is -1.39. The molecule has 6 nitrogen and oxygen atoms in total. The van der Waals surface area contributed by atoms with Crippen molar-refractivity contribution in [2.75, 3.05) is 10.6 Å². The third-order valence-corrected chi connectivity index (χ3v) is 6.30. The fourth-order valence-corrected chi connectivity index (χ4v) is 5.03. The van der Waals surface area contributed by atoms with Crippen molar-refractivity contribution in [2.24, 2.45) is 23.7 Å². The molecule has 1 heterocycles. The molecule has 2 aliphatic carbocycles. The van der Waals surface area contributed by atoms with Crippen LogP contribution in [0.2, 0.25) is 0 Å². The lowest BCUT2D eigenvalue weighted by molar-refractivity contribution is -0.145. The van der Waals surface area contributed by atoms with Gasteiger partial charge in [-0.1, -0.05) is 0 Å².